The van der Waals surface area contributed by atoms with E-state index in [0.717, 1.165) is 9.98 Å². The lowest BCUT2D eigenvalue weighted by Crippen LogP contribution is -2.11. The van der Waals surface area contributed by atoms with Gasteiger partial charge >= 0.3 is 5.97 Å². The molecule has 2 aromatic rings. The Morgan fingerprint density at radius 1 is 1.50 bits per heavy atom. The first kappa shape index (κ1) is 15.0. The Hall–Kier alpha value is -1.41. The highest BCUT2D eigenvalue weighted by molar-refractivity contribution is 9.11. The largest absolute Gasteiger partial charge is 0.462 e. The van der Waals surface area contributed by atoms with E-state index in [1.165, 1.54) is 11.3 Å². The zero-order chi connectivity index (χ0) is 14.7. The third-order valence-electron chi connectivity index (χ3n) is 2.31. The minimum absolute atomic E-state index is 0.0983. The minimum Gasteiger partial charge on any atom is -0.462 e. The average molecular weight is 363 g/mol. The molecule has 0 aliphatic carbocycles. The smallest absolute Gasteiger partial charge is 0.341 e. The number of hydrogen-bond donors (Lipinski definition) is 0. The lowest BCUT2D eigenvalue weighted by molar-refractivity contribution is 0.0513. The summed E-state index contributed by atoms with van der Waals surface area (Å²) in [5.41, 5.74) is -0.917. The number of carbonyl (C=O) groups is 1. The molecule has 2 aromatic heterocycles. The first-order valence-electron chi connectivity index (χ1n) is 5.60. The van der Waals surface area contributed by atoms with Crippen LogP contribution in [0.3, 0.4) is 0 Å². The summed E-state index contributed by atoms with van der Waals surface area (Å²) >= 11 is 4.59. The van der Waals surface area contributed by atoms with Crippen molar-refractivity contribution >= 4 is 33.2 Å². The number of hydrogen-bond acceptors (Lipinski definition) is 5. The highest BCUT2D eigenvalue weighted by Crippen LogP contribution is 2.31. The zero-order valence-electron chi connectivity index (χ0n) is 10.3. The van der Waals surface area contributed by atoms with Gasteiger partial charge in [-0.15, -0.1) is 11.3 Å². The van der Waals surface area contributed by atoms with Gasteiger partial charge in [0.2, 0.25) is 0 Å². The number of aromatic nitrogens is 2. The molecule has 0 bridgehead atoms. The Labute approximate surface area is 126 Å². The molecule has 20 heavy (non-hydrogen) atoms. The number of esters is 1. The van der Waals surface area contributed by atoms with Crippen molar-refractivity contribution in [3.05, 3.63) is 33.4 Å². The molecule has 0 amide bonds. The number of thiophene rings is 1. The summed E-state index contributed by atoms with van der Waals surface area (Å²) < 4.78 is 31.6. The van der Waals surface area contributed by atoms with Gasteiger partial charge in [-0.2, -0.15) is 0 Å². The van der Waals surface area contributed by atoms with Crippen LogP contribution in [0.5, 0.6) is 0 Å². The zero-order valence-corrected chi connectivity index (χ0v) is 12.7. The van der Waals surface area contributed by atoms with Crippen molar-refractivity contribution in [2.45, 2.75) is 13.3 Å². The van der Waals surface area contributed by atoms with Gasteiger partial charge in [0.05, 0.1) is 15.3 Å². The van der Waals surface area contributed by atoms with Crippen molar-refractivity contribution in [3.8, 4) is 10.7 Å². The second-order valence-electron chi connectivity index (χ2n) is 3.62. The molecule has 0 saturated heterocycles. The van der Waals surface area contributed by atoms with Crippen LogP contribution >= 0.6 is 27.3 Å². The minimum atomic E-state index is -2.88. The quantitative estimate of drug-likeness (QED) is 0.768. The molecule has 0 spiro atoms. The van der Waals surface area contributed by atoms with Crippen LogP contribution in [0.2, 0.25) is 0 Å². The molecular weight excluding hydrogens is 354 g/mol. The SMILES string of the molecule is CCOC(=O)c1cnc(-c2ccc(Br)s2)nc1C(F)F. The van der Waals surface area contributed by atoms with E-state index >= 15 is 0 Å². The van der Waals surface area contributed by atoms with Crippen molar-refractivity contribution < 1.29 is 18.3 Å². The predicted octanol–water partition coefficient (Wildman–Crippen LogP) is 4.08. The summed E-state index contributed by atoms with van der Waals surface area (Å²) in [5.74, 6) is -0.689. The van der Waals surface area contributed by atoms with E-state index in [1.807, 2.05) is 0 Å². The Morgan fingerprint density at radius 2 is 2.25 bits per heavy atom. The molecule has 0 saturated carbocycles. The highest BCUT2D eigenvalue weighted by atomic mass is 79.9. The van der Waals surface area contributed by atoms with E-state index in [1.54, 1.807) is 19.1 Å². The normalized spacial score (nSPS) is 10.8. The molecule has 0 unspecified atom stereocenters. The molecule has 0 N–H and O–H groups in total. The van der Waals surface area contributed by atoms with E-state index in [9.17, 15) is 13.6 Å². The molecule has 106 valence electrons. The van der Waals surface area contributed by atoms with Crippen LogP contribution in [-0.2, 0) is 4.74 Å². The van der Waals surface area contributed by atoms with Crippen LogP contribution < -0.4 is 0 Å². The molecular formula is C12H9BrF2N2O2S. The molecule has 4 nitrogen and oxygen atoms in total. The summed E-state index contributed by atoms with van der Waals surface area (Å²) in [7, 11) is 0. The number of rotatable bonds is 4. The maximum Gasteiger partial charge on any atom is 0.341 e. The summed E-state index contributed by atoms with van der Waals surface area (Å²) in [6.45, 7) is 1.69. The van der Waals surface area contributed by atoms with Gasteiger partial charge in [-0.25, -0.2) is 23.5 Å². The lowest BCUT2D eigenvalue weighted by Gasteiger charge is -2.08. The van der Waals surface area contributed by atoms with Crippen molar-refractivity contribution in [2.24, 2.45) is 0 Å². The number of nitrogens with zero attached hydrogens (tertiary/aromatic N) is 2. The van der Waals surface area contributed by atoms with Crippen LogP contribution in [0, 0.1) is 0 Å². The number of halogens is 3. The number of ether oxygens (including phenoxy) is 1. The van der Waals surface area contributed by atoms with Gasteiger partial charge in [0.1, 0.15) is 11.3 Å². The van der Waals surface area contributed by atoms with E-state index in [4.69, 9.17) is 4.74 Å². The van der Waals surface area contributed by atoms with E-state index < -0.39 is 18.1 Å². The predicted molar refractivity (Wildman–Crippen MR) is 74.0 cm³/mol. The van der Waals surface area contributed by atoms with Crippen LogP contribution in [0.4, 0.5) is 8.78 Å². The van der Waals surface area contributed by atoms with E-state index in [0.29, 0.717) is 4.88 Å². The van der Waals surface area contributed by atoms with Gasteiger partial charge < -0.3 is 4.74 Å². The van der Waals surface area contributed by atoms with Crippen molar-refractivity contribution in [2.75, 3.05) is 6.61 Å². The number of carbonyl (C=O) groups excluding carboxylic acids is 1. The second kappa shape index (κ2) is 6.36. The molecule has 2 heterocycles. The lowest BCUT2D eigenvalue weighted by atomic mass is 10.2. The fourth-order valence-electron chi connectivity index (χ4n) is 1.48. The third-order valence-corrected chi connectivity index (χ3v) is 3.93. The maximum atomic E-state index is 13.0. The second-order valence-corrected chi connectivity index (χ2v) is 6.08. The van der Waals surface area contributed by atoms with E-state index in [-0.39, 0.29) is 18.0 Å². The Balaban J connectivity index is 2.45. The van der Waals surface area contributed by atoms with Crippen LogP contribution in [0.25, 0.3) is 10.7 Å². The summed E-state index contributed by atoms with van der Waals surface area (Å²) in [6.07, 6.45) is -1.80. The van der Waals surface area contributed by atoms with Crippen LogP contribution in [0.15, 0.2) is 22.1 Å². The van der Waals surface area contributed by atoms with Gasteiger partial charge in [-0.3, -0.25) is 0 Å². The number of alkyl halides is 2. The van der Waals surface area contributed by atoms with Crippen molar-refractivity contribution in [1.29, 1.82) is 0 Å². The van der Waals surface area contributed by atoms with Gasteiger partial charge in [-0.1, -0.05) is 0 Å². The Kier molecular flexibility index (Phi) is 4.77. The Bertz CT molecular complexity index is 634. The summed E-state index contributed by atoms with van der Waals surface area (Å²) in [4.78, 5) is 20.0. The van der Waals surface area contributed by atoms with Gasteiger partial charge in [0.25, 0.3) is 6.43 Å². The van der Waals surface area contributed by atoms with Gasteiger partial charge in [0, 0.05) is 6.20 Å². The third kappa shape index (κ3) is 3.18. The first-order valence-corrected chi connectivity index (χ1v) is 7.21. The topological polar surface area (TPSA) is 52.1 Å². The van der Waals surface area contributed by atoms with Crippen LogP contribution in [0.1, 0.15) is 29.4 Å². The molecule has 8 heteroatoms. The van der Waals surface area contributed by atoms with Gasteiger partial charge in [-0.05, 0) is 35.0 Å². The molecule has 0 aliphatic rings. The standard InChI is InChI=1S/C12H9BrF2N2O2S/c1-2-19-12(18)6-5-16-11(17-9(6)10(14)15)7-3-4-8(13)20-7/h3-5,10H,2H2,1H3. The maximum absolute atomic E-state index is 13.0. The molecule has 0 aromatic carbocycles. The molecule has 0 radical (unpaired) electrons. The fourth-order valence-corrected chi connectivity index (χ4v) is 2.81. The molecule has 0 fully saturated rings. The average Bonchev–Trinajstić information content (AvgIpc) is 2.85. The monoisotopic (exact) mass is 362 g/mol. The molecule has 0 atom stereocenters. The van der Waals surface area contributed by atoms with Crippen LogP contribution in [-0.4, -0.2) is 22.5 Å². The van der Waals surface area contributed by atoms with Gasteiger partial charge in [0.15, 0.2) is 5.82 Å². The first-order chi connectivity index (χ1) is 9.52. The van der Waals surface area contributed by atoms with E-state index in [2.05, 4.69) is 25.9 Å². The molecule has 0 aliphatic heterocycles. The fraction of sp³-hybridized carbons (Fsp3) is 0.250. The molecule has 2 rings (SSSR count). The Morgan fingerprint density at radius 3 is 2.80 bits per heavy atom. The van der Waals surface area contributed by atoms with Crippen molar-refractivity contribution in [1.82, 2.24) is 9.97 Å². The highest BCUT2D eigenvalue weighted by Gasteiger charge is 2.23. The van der Waals surface area contributed by atoms with Crippen molar-refractivity contribution in [3.63, 3.8) is 0 Å². The summed E-state index contributed by atoms with van der Waals surface area (Å²) in [5, 5.41) is 0. The summed E-state index contributed by atoms with van der Waals surface area (Å²) in [6, 6.07) is 3.48.